The van der Waals surface area contributed by atoms with Gasteiger partial charge in [0.1, 0.15) is 0 Å². The number of halogens is 3. The van der Waals surface area contributed by atoms with Crippen molar-refractivity contribution in [2.45, 2.75) is 39.0 Å². The van der Waals surface area contributed by atoms with E-state index in [0.29, 0.717) is 32.9 Å². The van der Waals surface area contributed by atoms with E-state index in [2.05, 4.69) is 12.3 Å². The fraction of sp³-hybridized carbons (Fsp3) is 0.333. The first kappa shape index (κ1) is 23.1. The molecule has 0 saturated carbocycles. The topological polar surface area (TPSA) is 50.2 Å². The molecule has 0 aliphatic carbocycles. The van der Waals surface area contributed by atoms with Gasteiger partial charge < -0.3 is 0 Å². The molecular formula is C24H25Cl3N4O. The molecule has 1 aromatic heterocycles. The molecule has 8 heteroatoms. The molecule has 0 radical (unpaired) electrons. The van der Waals surface area contributed by atoms with Crippen LogP contribution in [-0.2, 0) is 6.42 Å². The van der Waals surface area contributed by atoms with Gasteiger partial charge in [-0.2, -0.15) is 5.10 Å². The lowest BCUT2D eigenvalue weighted by atomic mass is 10.0. The predicted octanol–water partition coefficient (Wildman–Crippen LogP) is 6.58. The third-order valence-electron chi connectivity index (χ3n) is 5.57. The maximum absolute atomic E-state index is 13.3. The van der Waals surface area contributed by atoms with E-state index in [0.717, 1.165) is 49.2 Å². The van der Waals surface area contributed by atoms with Crippen LogP contribution >= 0.6 is 34.8 Å². The molecule has 2 heterocycles. The molecule has 1 fully saturated rings. The Hall–Kier alpha value is -2.05. The lowest BCUT2D eigenvalue weighted by Gasteiger charge is -2.26. The van der Waals surface area contributed by atoms with Crippen LogP contribution in [0.15, 0.2) is 42.5 Å². The lowest BCUT2D eigenvalue weighted by Crippen LogP contribution is -2.45. The molecule has 1 amide bonds. The summed E-state index contributed by atoms with van der Waals surface area (Å²) >= 11 is 18.8. The van der Waals surface area contributed by atoms with E-state index in [1.807, 2.05) is 35.3 Å². The van der Waals surface area contributed by atoms with Crippen LogP contribution in [0.2, 0.25) is 15.1 Å². The third-order valence-corrected chi connectivity index (χ3v) is 6.36. The number of hydrogen-bond acceptors (Lipinski definition) is 3. The molecule has 2 aromatic carbocycles. The largest absolute Gasteiger partial charge is 0.286 e. The maximum atomic E-state index is 13.3. The Morgan fingerprint density at radius 2 is 1.69 bits per heavy atom. The van der Waals surface area contributed by atoms with Gasteiger partial charge in [0.05, 0.1) is 16.4 Å². The van der Waals surface area contributed by atoms with E-state index >= 15 is 0 Å². The van der Waals surface area contributed by atoms with Crippen LogP contribution in [-0.4, -0.2) is 33.8 Å². The number of carbonyl (C=O) groups is 1. The van der Waals surface area contributed by atoms with Crippen LogP contribution in [0.1, 0.15) is 48.7 Å². The van der Waals surface area contributed by atoms with Gasteiger partial charge in [0.25, 0.3) is 5.91 Å². The van der Waals surface area contributed by atoms with Gasteiger partial charge in [-0.25, -0.2) is 9.69 Å². The van der Waals surface area contributed by atoms with Crippen molar-refractivity contribution in [1.29, 1.82) is 0 Å². The van der Waals surface area contributed by atoms with E-state index in [-0.39, 0.29) is 5.91 Å². The van der Waals surface area contributed by atoms with Crippen molar-refractivity contribution < 1.29 is 4.79 Å². The molecule has 3 aromatic rings. The van der Waals surface area contributed by atoms with Gasteiger partial charge in [-0.15, -0.1) is 0 Å². The molecule has 0 spiro atoms. The second kappa shape index (κ2) is 10.3. The molecule has 5 nitrogen and oxygen atoms in total. The fourth-order valence-electron chi connectivity index (χ4n) is 4.05. The molecule has 0 unspecified atom stereocenters. The molecule has 1 saturated heterocycles. The van der Waals surface area contributed by atoms with E-state index < -0.39 is 0 Å². The Bertz CT molecular complexity index is 1110. The van der Waals surface area contributed by atoms with Crippen LogP contribution in [0.5, 0.6) is 0 Å². The molecule has 1 aliphatic heterocycles. The summed E-state index contributed by atoms with van der Waals surface area (Å²) in [6, 6.07) is 12.8. The van der Waals surface area contributed by atoms with E-state index in [1.54, 1.807) is 16.8 Å². The van der Waals surface area contributed by atoms with Crippen LogP contribution in [0.4, 0.5) is 0 Å². The Labute approximate surface area is 203 Å². The first-order valence-electron chi connectivity index (χ1n) is 10.9. The Kier molecular flexibility index (Phi) is 7.41. The highest BCUT2D eigenvalue weighted by Gasteiger charge is 2.26. The highest BCUT2D eigenvalue weighted by Crippen LogP contribution is 2.34. The Morgan fingerprint density at radius 3 is 2.34 bits per heavy atom. The maximum Gasteiger partial charge on any atom is 0.286 e. The highest BCUT2D eigenvalue weighted by atomic mass is 35.5. The second-order valence-corrected chi connectivity index (χ2v) is 9.21. The summed E-state index contributed by atoms with van der Waals surface area (Å²) in [6.45, 7) is 3.79. The second-order valence-electron chi connectivity index (χ2n) is 7.93. The van der Waals surface area contributed by atoms with Gasteiger partial charge in [0.2, 0.25) is 0 Å². The van der Waals surface area contributed by atoms with E-state index in [4.69, 9.17) is 39.9 Å². The smallest absolute Gasteiger partial charge is 0.283 e. The van der Waals surface area contributed by atoms with Crippen LogP contribution < -0.4 is 5.43 Å². The van der Waals surface area contributed by atoms with Crippen molar-refractivity contribution in [3.05, 3.63) is 68.8 Å². The quantitative estimate of drug-likeness (QED) is 0.423. The number of rotatable bonds is 6. The van der Waals surface area contributed by atoms with Gasteiger partial charge in [-0.3, -0.25) is 10.2 Å². The van der Waals surface area contributed by atoms with E-state index in [1.165, 1.54) is 6.42 Å². The minimum absolute atomic E-state index is 0.200. The minimum Gasteiger partial charge on any atom is -0.283 e. The Morgan fingerprint density at radius 1 is 1.00 bits per heavy atom. The highest BCUT2D eigenvalue weighted by molar-refractivity contribution is 6.35. The third kappa shape index (κ3) is 4.96. The van der Waals surface area contributed by atoms with Crippen molar-refractivity contribution in [3.8, 4) is 16.9 Å². The van der Waals surface area contributed by atoms with Gasteiger partial charge in [-0.1, -0.05) is 66.7 Å². The summed E-state index contributed by atoms with van der Waals surface area (Å²) in [7, 11) is 0. The average molecular weight is 492 g/mol. The zero-order valence-electron chi connectivity index (χ0n) is 17.9. The number of amides is 1. The molecule has 0 atom stereocenters. The monoisotopic (exact) mass is 490 g/mol. The average Bonchev–Trinajstić information content (AvgIpc) is 3.14. The van der Waals surface area contributed by atoms with Crippen molar-refractivity contribution in [2.75, 3.05) is 13.1 Å². The molecule has 168 valence electrons. The normalized spacial score (nSPS) is 14.5. The molecule has 0 bridgehead atoms. The van der Waals surface area contributed by atoms with Crippen molar-refractivity contribution in [2.24, 2.45) is 0 Å². The molecule has 1 aliphatic rings. The van der Waals surface area contributed by atoms with Gasteiger partial charge in [0.15, 0.2) is 5.69 Å². The number of hydrazine groups is 1. The molecular weight excluding hydrogens is 467 g/mol. The summed E-state index contributed by atoms with van der Waals surface area (Å²) in [5, 5.41) is 8.40. The number of piperidine rings is 1. The summed E-state index contributed by atoms with van der Waals surface area (Å²) in [5.41, 5.74) is 6.75. The molecule has 4 rings (SSSR count). The summed E-state index contributed by atoms with van der Waals surface area (Å²) in [5.74, 6) is -0.200. The number of benzene rings is 2. The summed E-state index contributed by atoms with van der Waals surface area (Å²) in [4.78, 5) is 13.3. The SMILES string of the molecule is CCCc1c(C(=O)NN2CCCCC2)nn(-c2ccc(Cl)cc2Cl)c1-c1ccc(Cl)cc1. The van der Waals surface area contributed by atoms with Crippen LogP contribution in [0, 0.1) is 0 Å². The summed E-state index contributed by atoms with van der Waals surface area (Å²) < 4.78 is 1.75. The zero-order valence-corrected chi connectivity index (χ0v) is 20.1. The Balaban J connectivity index is 1.86. The molecule has 1 N–H and O–H groups in total. The van der Waals surface area contributed by atoms with Crippen molar-refractivity contribution in [3.63, 3.8) is 0 Å². The number of nitrogens with zero attached hydrogens (tertiary/aromatic N) is 3. The zero-order chi connectivity index (χ0) is 22.7. The van der Waals surface area contributed by atoms with Crippen molar-refractivity contribution in [1.82, 2.24) is 20.2 Å². The van der Waals surface area contributed by atoms with Crippen LogP contribution in [0.3, 0.4) is 0 Å². The number of aromatic nitrogens is 2. The minimum atomic E-state index is -0.200. The fourth-order valence-corrected chi connectivity index (χ4v) is 4.67. The predicted molar refractivity (Wildman–Crippen MR) is 131 cm³/mol. The summed E-state index contributed by atoms with van der Waals surface area (Å²) in [6.07, 6.45) is 4.91. The number of hydrogen-bond donors (Lipinski definition) is 1. The molecule has 32 heavy (non-hydrogen) atoms. The van der Waals surface area contributed by atoms with Gasteiger partial charge in [-0.05, 0) is 49.6 Å². The lowest BCUT2D eigenvalue weighted by molar-refractivity contribution is 0.0743. The van der Waals surface area contributed by atoms with Gasteiger partial charge in [0, 0.05) is 34.3 Å². The standard InChI is InChI=1S/C24H25Cl3N4O/c1-2-6-19-22(24(32)29-30-13-4-3-5-14-30)28-31(21-12-11-18(26)15-20(21)27)23(19)16-7-9-17(25)10-8-16/h7-12,15H,2-6,13-14H2,1H3,(H,29,32). The first-order valence-corrected chi connectivity index (χ1v) is 12.0. The number of carbonyl (C=O) groups excluding carboxylic acids is 1. The van der Waals surface area contributed by atoms with Crippen LogP contribution in [0.25, 0.3) is 16.9 Å². The number of nitrogens with one attached hydrogen (secondary N) is 1. The van der Waals surface area contributed by atoms with Gasteiger partial charge >= 0.3 is 0 Å². The van der Waals surface area contributed by atoms with E-state index in [9.17, 15) is 4.79 Å². The first-order chi connectivity index (χ1) is 15.5. The van der Waals surface area contributed by atoms with Crippen molar-refractivity contribution >= 4 is 40.7 Å².